The molecule has 0 unspecified atom stereocenters. The number of aliphatic hydroxyl groups excluding tert-OH is 3. The van der Waals surface area contributed by atoms with Gasteiger partial charge in [-0.1, -0.05) is 123 Å². The lowest BCUT2D eigenvalue weighted by molar-refractivity contribution is -0.202. The molecule has 0 saturated carbocycles. The maximum absolute atomic E-state index is 12.6. The molecular formula is C30H60N2O5. The van der Waals surface area contributed by atoms with E-state index in [1.165, 1.54) is 89.9 Å². The zero-order valence-corrected chi connectivity index (χ0v) is 24.1. The van der Waals surface area contributed by atoms with Gasteiger partial charge in [-0.05, 0) is 19.4 Å². The van der Waals surface area contributed by atoms with Gasteiger partial charge in [0.25, 0.3) is 0 Å². The number of hydrogen-bond acceptors (Lipinski definition) is 6. The molecule has 1 fully saturated rings. The van der Waals surface area contributed by atoms with Crippen LogP contribution in [-0.4, -0.2) is 65.0 Å². The first-order chi connectivity index (χ1) is 18.0. The van der Waals surface area contributed by atoms with E-state index < -0.39 is 30.6 Å². The van der Waals surface area contributed by atoms with Crippen LogP contribution in [0.1, 0.15) is 142 Å². The van der Waals surface area contributed by atoms with Gasteiger partial charge < -0.3 is 25.4 Å². The predicted molar refractivity (Wildman–Crippen MR) is 151 cm³/mol. The largest absolute Gasteiger partial charge is 0.394 e. The minimum Gasteiger partial charge on any atom is -0.394 e. The molecule has 1 amide bonds. The lowest BCUT2D eigenvalue weighted by Crippen LogP contribution is -2.67. The van der Waals surface area contributed by atoms with Crippen molar-refractivity contribution in [3.8, 4) is 0 Å². The lowest BCUT2D eigenvalue weighted by Gasteiger charge is -2.43. The Hall–Kier alpha value is -0.730. The van der Waals surface area contributed by atoms with Gasteiger partial charge in [-0.25, -0.2) is 0 Å². The van der Waals surface area contributed by atoms with Crippen molar-refractivity contribution in [3.05, 3.63) is 0 Å². The van der Waals surface area contributed by atoms with Crippen LogP contribution in [0.5, 0.6) is 0 Å². The third kappa shape index (κ3) is 16.1. The number of hydrogen-bond donors (Lipinski definition) is 5. The molecule has 7 nitrogen and oxygen atoms in total. The van der Waals surface area contributed by atoms with E-state index in [-0.39, 0.29) is 12.5 Å². The molecule has 5 atom stereocenters. The number of aliphatic hydroxyl groups is 3. The molecule has 0 aromatic carbocycles. The molecule has 0 aliphatic carbocycles. The fourth-order valence-electron chi connectivity index (χ4n) is 5.16. The van der Waals surface area contributed by atoms with E-state index in [0.717, 1.165) is 32.1 Å². The van der Waals surface area contributed by atoms with Crippen molar-refractivity contribution in [2.75, 3.05) is 13.2 Å². The summed E-state index contributed by atoms with van der Waals surface area (Å²) in [6, 6.07) is -0.744. The molecule has 7 heteroatoms. The smallest absolute Gasteiger partial charge is 0.220 e. The minimum atomic E-state index is -1.24. The van der Waals surface area contributed by atoms with Crippen molar-refractivity contribution in [2.45, 2.75) is 173 Å². The second-order valence-electron chi connectivity index (χ2n) is 11.1. The van der Waals surface area contributed by atoms with Crippen LogP contribution < -0.4 is 10.6 Å². The molecule has 0 radical (unpaired) electrons. The standard InChI is InChI=1S/C30H60N2O5/c1-3-5-7-9-11-13-15-17-19-21-23-31-30-27(29(36)28(35)25(24-33)37-30)32-26(34)22-20-18-16-14-12-10-8-6-4-2/h25,27-31,33,35-36H,3-24H2,1-2H3,(H,32,34)/t25-,27+,28-,29-,30-/m1/s1. The average molecular weight is 529 g/mol. The SMILES string of the molecule is CCCCCCCCCCCCN[C@@H]1O[C@H](CO)[C@@H](O)[C@H](O)[C@@H]1NC(=O)CCCCCCCCCCC. The summed E-state index contributed by atoms with van der Waals surface area (Å²) < 4.78 is 5.84. The van der Waals surface area contributed by atoms with Crippen LogP contribution in [0.2, 0.25) is 0 Å². The first kappa shape index (κ1) is 34.3. The van der Waals surface area contributed by atoms with Crippen LogP contribution in [0.3, 0.4) is 0 Å². The van der Waals surface area contributed by atoms with Gasteiger partial charge in [-0.3, -0.25) is 10.1 Å². The van der Waals surface area contributed by atoms with Crippen molar-refractivity contribution < 1.29 is 24.9 Å². The molecule has 0 bridgehead atoms. The van der Waals surface area contributed by atoms with E-state index in [2.05, 4.69) is 24.5 Å². The highest BCUT2D eigenvalue weighted by molar-refractivity contribution is 5.76. The third-order valence-electron chi connectivity index (χ3n) is 7.64. The van der Waals surface area contributed by atoms with Gasteiger partial charge in [0.2, 0.25) is 5.91 Å². The number of amides is 1. The lowest BCUT2D eigenvalue weighted by atomic mass is 9.95. The molecule has 1 aliphatic rings. The quantitative estimate of drug-likeness (QED) is 0.108. The molecule has 1 rings (SSSR count). The number of ether oxygens (including phenoxy) is 1. The second kappa shape index (κ2) is 23.2. The summed E-state index contributed by atoms with van der Waals surface area (Å²) >= 11 is 0. The molecule has 1 saturated heterocycles. The van der Waals surface area contributed by atoms with Gasteiger partial charge in [-0.15, -0.1) is 0 Å². The Kier molecular flexibility index (Phi) is 21.5. The first-order valence-electron chi connectivity index (χ1n) is 15.7. The molecule has 0 spiro atoms. The van der Waals surface area contributed by atoms with Crippen LogP contribution in [-0.2, 0) is 9.53 Å². The van der Waals surface area contributed by atoms with Crippen LogP contribution in [0, 0.1) is 0 Å². The van der Waals surface area contributed by atoms with E-state index in [1.54, 1.807) is 0 Å². The van der Waals surface area contributed by atoms with Gasteiger partial charge in [-0.2, -0.15) is 0 Å². The number of rotatable bonds is 24. The van der Waals surface area contributed by atoms with E-state index in [0.29, 0.717) is 13.0 Å². The highest BCUT2D eigenvalue weighted by Gasteiger charge is 2.44. The molecule has 0 aromatic heterocycles. The van der Waals surface area contributed by atoms with Crippen LogP contribution in [0.15, 0.2) is 0 Å². The Morgan fingerprint density at radius 3 is 1.62 bits per heavy atom. The van der Waals surface area contributed by atoms with Crippen LogP contribution in [0.4, 0.5) is 0 Å². The summed E-state index contributed by atoms with van der Waals surface area (Å²) in [5.74, 6) is -0.129. The molecule has 220 valence electrons. The van der Waals surface area contributed by atoms with Gasteiger partial charge >= 0.3 is 0 Å². The summed E-state index contributed by atoms with van der Waals surface area (Å²) in [4.78, 5) is 12.6. The number of nitrogens with one attached hydrogen (secondary N) is 2. The second-order valence-corrected chi connectivity index (χ2v) is 11.1. The van der Waals surface area contributed by atoms with Crippen LogP contribution >= 0.6 is 0 Å². The molecule has 0 aromatic rings. The van der Waals surface area contributed by atoms with Crippen LogP contribution in [0.25, 0.3) is 0 Å². The number of carbonyl (C=O) groups excluding carboxylic acids is 1. The normalized spacial score (nSPS) is 23.9. The summed E-state index contributed by atoms with van der Waals surface area (Å²) in [5.41, 5.74) is 0. The van der Waals surface area contributed by atoms with Gasteiger partial charge in [0, 0.05) is 6.42 Å². The summed E-state index contributed by atoms with van der Waals surface area (Å²) in [7, 11) is 0. The first-order valence-corrected chi connectivity index (χ1v) is 15.7. The topological polar surface area (TPSA) is 111 Å². The number of unbranched alkanes of at least 4 members (excludes halogenated alkanes) is 17. The van der Waals surface area contributed by atoms with Crippen molar-refractivity contribution in [3.63, 3.8) is 0 Å². The predicted octanol–water partition coefficient (Wildman–Crippen LogP) is 5.34. The van der Waals surface area contributed by atoms with Crippen molar-refractivity contribution >= 4 is 5.91 Å². The van der Waals surface area contributed by atoms with Gasteiger partial charge in [0.05, 0.1) is 12.6 Å². The van der Waals surface area contributed by atoms with Crippen molar-refractivity contribution in [1.29, 1.82) is 0 Å². The Morgan fingerprint density at radius 2 is 1.14 bits per heavy atom. The summed E-state index contributed by atoms with van der Waals surface area (Å²) in [6.07, 6.45) is 19.7. The maximum atomic E-state index is 12.6. The third-order valence-corrected chi connectivity index (χ3v) is 7.64. The minimum absolute atomic E-state index is 0.129. The highest BCUT2D eigenvalue weighted by atomic mass is 16.5. The monoisotopic (exact) mass is 528 g/mol. The van der Waals surface area contributed by atoms with Gasteiger partial charge in [0.15, 0.2) is 0 Å². The Labute approximate surface area is 227 Å². The Morgan fingerprint density at radius 1 is 0.676 bits per heavy atom. The Bertz CT molecular complexity index is 536. The van der Waals surface area contributed by atoms with E-state index in [1.807, 2.05) is 0 Å². The highest BCUT2D eigenvalue weighted by Crippen LogP contribution is 2.21. The molecule has 1 heterocycles. The fraction of sp³-hybridized carbons (Fsp3) is 0.967. The maximum Gasteiger partial charge on any atom is 0.220 e. The van der Waals surface area contributed by atoms with E-state index in [9.17, 15) is 20.1 Å². The summed E-state index contributed by atoms with van der Waals surface area (Å²) in [5, 5.41) is 36.8. The number of carbonyl (C=O) groups is 1. The molecular weight excluding hydrogens is 468 g/mol. The average Bonchev–Trinajstić information content (AvgIpc) is 2.90. The Balaban J connectivity index is 2.29. The zero-order chi connectivity index (χ0) is 27.1. The van der Waals surface area contributed by atoms with Crippen molar-refractivity contribution in [2.24, 2.45) is 0 Å². The molecule has 5 N–H and O–H groups in total. The van der Waals surface area contributed by atoms with E-state index >= 15 is 0 Å². The van der Waals surface area contributed by atoms with Crippen molar-refractivity contribution in [1.82, 2.24) is 10.6 Å². The summed E-state index contributed by atoms with van der Waals surface area (Å²) in [6.45, 7) is 4.79. The fourth-order valence-corrected chi connectivity index (χ4v) is 5.16. The zero-order valence-electron chi connectivity index (χ0n) is 24.1. The molecule has 37 heavy (non-hydrogen) atoms. The van der Waals surface area contributed by atoms with E-state index in [4.69, 9.17) is 4.74 Å². The van der Waals surface area contributed by atoms with Gasteiger partial charge in [0.1, 0.15) is 24.5 Å². The molecule has 1 aliphatic heterocycles.